The van der Waals surface area contributed by atoms with E-state index in [1.807, 2.05) is 50.5 Å². The molecule has 0 aliphatic rings. The van der Waals surface area contributed by atoms with Gasteiger partial charge < -0.3 is 10.2 Å². The molecule has 0 spiro atoms. The summed E-state index contributed by atoms with van der Waals surface area (Å²) in [7, 11) is 4.02. The van der Waals surface area contributed by atoms with E-state index in [9.17, 15) is 4.79 Å². The Balaban J connectivity index is 1.74. The Morgan fingerprint density at radius 1 is 1.15 bits per heavy atom. The minimum atomic E-state index is -0.128. The van der Waals surface area contributed by atoms with Crippen molar-refractivity contribution in [3.05, 3.63) is 71.0 Å². The Morgan fingerprint density at radius 3 is 2.44 bits per heavy atom. The van der Waals surface area contributed by atoms with Crippen molar-refractivity contribution in [2.45, 2.75) is 12.5 Å². The van der Waals surface area contributed by atoms with E-state index in [0.29, 0.717) is 10.6 Å². The molecular formula is C19H21ClN6O. The van der Waals surface area contributed by atoms with Crippen LogP contribution in [0.2, 0.25) is 5.02 Å². The maximum absolute atomic E-state index is 12.7. The molecule has 0 bridgehead atoms. The first-order valence-corrected chi connectivity index (χ1v) is 8.95. The quantitative estimate of drug-likeness (QED) is 0.677. The van der Waals surface area contributed by atoms with E-state index in [1.165, 1.54) is 11.0 Å². The number of nitrogens with one attached hydrogen (secondary N) is 1. The number of amides is 1. The second-order valence-corrected chi connectivity index (χ2v) is 6.91. The summed E-state index contributed by atoms with van der Waals surface area (Å²) in [4.78, 5) is 14.8. The molecule has 3 aromatic rings. The van der Waals surface area contributed by atoms with Crippen molar-refractivity contribution in [1.82, 2.24) is 30.4 Å². The largest absolute Gasteiger partial charge is 0.345 e. The van der Waals surface area contributed by atoms with E-state index in [4.69, 9.17) is 11.6 Å². The lowest BCUT2D eigenvalue weighted by molar-refractivity contribution is 0.0932. The predicted molar refractivity (Wildman–Crippen MR) is 104 cm³/mol. The van der Waals surface area contributed by atoms with E-state index in [1.54, 1.807) is 12.1 Å². The molecular weight excluding hydrogens is 364 g/mol. The minimum absolute atomic E-state index is 0.101. The molecule has 8 heteroatoms. The Hall–Kier alpha value is -2.77. The molecule has 1 heterocycles. The summed E-state index contributed by atoms with van der Waals surface area (Å²) >= 11 is 5.99. The van der Waals surface area contributed by atoms with Crippen LogP contribution < -0.4 is 5.32 Å². The zero-order valence-electron chi connectivity index (χ0n) is 15.2. The lowest BCUT2D eigenvalue weighted by Gasteiger charge is -2.21. The van der Waals surface area contributed by atoms with E-state index in [-0.39, 0.29) is 11.9 Å². The smallest absolute Gasteiger partial charge is 0.251 e. The summed E-state index contributed by atoms with van der Waals surface area (Å²) in [6.07, 6.45) is 2.30. The standard InChI is InChI=1S/C19H21ClN6O/c1-25(2)12-11-18(14-3-7-16(20)8-4-14)22-19(27)15-5-9-17(10-6-15)26-13-21-23-24-26/h3-10,13,18H,11-12H2,1-2H3,(H,22,27). The van der Waals surface area contributed by atoms with Gasteiger partial charge in [0.15, 0.2) is 0 Å². The molecule has 0 saturated carbocycles. The number of rotatable bonds is 7. The van der Waals surface area contributed by atoms with E-state index < -0.39 is 0 Å². The summed E-state index contributed by atoms with van der Waals surface area (Å²) in [5.41, 5.74) is 2.40. The maximum atomic E-state index is 12.7. The molecule has 1 amide bonds. The number of nitrogens with zero attached hydrogens (tertiary/aromatic N) is 5. The van der Waals surface area contributed by atoms with Gasteiger partial charge in [0.2, 0.25) is 0 Å². The fourth-order valence-electron chi connectivity index (χ4n) is 2.69. The number of tetrazole rings is 1. The second kappa shape index (κ2) is 8.75. The zero-order valence-corrected chi connectivity index (χ0v) is 16.0. The maximum Gasteiger partial charge on any atom is 0.251 e. The predicted octanol–water partition coefficient (Wildman–Crippen LogP) is 2.74. The van der Waals surface area contributed by atoms with Crippen LogP contribution in [-0.2, 0) is 0 Å². The highest BCUT2D eigenvalue weighted by Crippen LogP contribution is 2.20. The average molecular weight is 385 g/mol. The van der Waals surface area contributed by atoms with Crippen LogP contribution in [0.1, 0.15) is 28.4 Å². The van der Waals surface area contributed by atoms with Crippen LogP contribution in [0.4, 0.5) is 0 Å². The fourth-order valence-corrected chi connectivity index (χ4v) is 2.82. The first-order chi connectivity index (χ1) is 13.0. The molecule has 0 saturated heterocycles. The summed E-state index contributed by atoms with van der Waals surface area (Å²) < 4.78 is 1.54. The Kier molecular flexibility index (Phi) is 6.16. The van der Waals surface area contributed by atoms with Crippen LogP contribution in [0.15, 0.2) is 54.9 Å². The number of hydrogen-bond acceptors (Lipinski definition) is 5. The third-order valence-electron chi connectivity index (χ3n) is 4.19. The summed E-state index contributed by atoms with van der Waals surface area (Å²) in [5.74, 6) is -0.128. The van der Waals surface area contributed by atoms with Gasteiger partial charge in [-0.1, -0.05) is 23.7 Å². The van der Waals surface area contributed by atoms with Crippen LogP contribution in [-0.4, -0.2) is 51.7 Å². The van der Waals surface area contributed by atoms with Crippen molar-refractivity contribution in [2.75, 3.05) is 20.6 Å². The summed E-state index contributed by atoms with van der Waals surface area (Å²) in [5, 5.41) is 14.9. The van der Waals surface area contributed by atoms with E-state index in [0.717, 1.165) is 24.2 Å². The van der Waals surface area contributed by atoms with Gasteiger partial charge in [0, 0.05) is 10.6 Å². The lowest BCUT2D eigenvalue weighted by Crippen LogP contribution is -2.31. The van der Waals surface area contributed by atoms with Crippen molar-refractivity contribution in [2.24, 2.45) is 0 Å². The number of carbonyl (C=O) groups excluding carboxylic acids is 1. The molecule has 27 heavy (non-hydrogen) atoms. The van der Waals surface area contributed by atoms with Gasteiger partial charge in [-0.2, -0.15) is 0 Å². The highest BCUT2D eigenvalue weighted by Gasteiger charge is 2.16. The first kappa shape index (κ1) is 19.0. The second-order valence-electron chi connectivity index (χ2n) is 6.47. The molecule has 3 rings (SSSR count). The average Bonchev–Trinajstić information content (AvgIpc) is 3.20. The molecule has 7 nitrogen and oxygen atoms in total. The van der Waals surface area contributed by atoms with Crippen molar-refractivity contribution in [3.8, 4) is 5.69 Å². The van der Waals surface area contributed by atoms with Gasteiger partial charge in [-0.15, -0.1) is 5.10 Å². The molecule has 140 valence electrons. The first-order valence-electron chi connectivity index (χ1n) is 8.57. The Bertz CT molecular complexity index is 862. The molecule has 0 fully saturated rings. The molecule has 1 N–H and O–H groups in total. The molecule has 0 aliphatic carbocycles. The third kappa shape index (κ3) is 5.12. The van der Waals surface area contributed by atoms with Gasteiger partial charge in [-0.25, -0.2) is 4.68 Å². The molecule has 1 aromatic heterocycles. The summed E-state index contributed by atoms with van der Waals surface area (Å²) in [6.45, 7) is 0.853. The van der Waals surface area contributed by atoms with Crippen molar-refractivity contribution >= 4 is 17.5 Å². The van der Waals surface area contributed by atoms with Gasteiger partial charge in [0.25, 0.3) is 5.91 Å². The van der Waals surface area contributed by atoms with Gasteiger partial charge in [0.1, 0.15) is 6.33 Å². The Labute approximate surface area is 162 Å². The van der Waals surface area contributed by atoms with Crippen LogP contribution in [0.25, 0.3) is 5.69 Å². The molecule has 2 aromatic carbocycles. The van der Waals surface area contributed by atoms with Crippen molar-refractivity contribution < 1.29 is 4.79 Å². The lowest BCUT2D eigenvalue weighted by atomic mass is 10.0. The number of halogens is 1. The van der Waals surface area contributed by atoms with Crippen molar-refractivity contribution in [1.29, 1.82) is 0 Å². The van der Waals surface area contributed by atoms with Gasteiger partial charge in [-0.05, 0) is 79.4 Å². The Morgan fingerprint density at radius 2 is 1.85 bits per heavy atom. The van der Waals surface area contributed by atoms with Gasteiger partial charge in [0.05, 0.1) is 11.7 Å². The van der Waals surface area contributed by atoms with Crippen LogP contribution >= 0.6 is 11.6 Å². The van der Waals surface area contributed by atoms with Gasteiger partial charge >= 0.3 is 0 Å². The highest BCUT2D eigenvalue weighted by molar-refractivity contribution is 6.30. The third-order valence-corrected chi connectivity index (χ3v) is 4.44. The fraction of sp³-hybridized carbons (Fsp3) is 0.263. The molecule has 0 radical (unpaired) electrons. The summed E-state index contributed by atoms with van der Waals surface area (Å²) in [6, 6.07) is 14.6. The van der Waals surface area contributed by atoms with Crippen LogP contribution in [0.5, 0.6) is 0 Å². The number of hydrogen-bond donors (Lipinski definition) is 1. The van der Waals surface area contributed by atoms with E-state index >= 15 is 0 Å². The number of carbonyl (C=O) groups is 1. The molecule has 0 aliphatic heterocycles. The monoisotopic (exact) mass is 384 g/mol. The van der Waals surface area contributed by atoms with Crippen LogP contribution in [0.3, 0.4) is 0 Å². The molecule has 1 unspecified atom stereocenters. The minimum Gasteiger partial charge on any atom is -0.345 e. The highest BCUT2D eigenvalue weighted by atomic mass is 35.5. The number of aromatic nitrogens is 4. The number of benzene rings is 2. The topological polar surface area (TPSA) is 75.9 Å². The van der Waals surface area contributed by atoms with Crippen LogP contribution in [0, 0.1) is 0 Å². The van der Waals surface area contributed by atoms with Gasteiger partial charge in [-0.3, -0.25) is 4.79 Å². The van der Waals surface area contributed by atoms with E-state index in [2.05, 4.69) is 25.7 Å². The normalized spacial score (nSPS) is 12.1. The van der Waals surface area contributed by atoms with Crippen molar-refractivity contribution in [3.63, 3.8) is 0 Å². The molecule has 1 atom stereocenters. The SMILES string of the molecule is CN(C)CCC(NC(=O)c1ccc(-n2cnnn2)cc1)c1ccc(Cl)cc1. The zero-order chi connectivity index (χ0) is 19.2.